The van der Waals surface area contributed by atoms with E-state index >= 15 is 0 Å². The van der Waals surface area contributed by atoms with Crippen molar-refractivity contribution in [3.63, 3.8) is 0 Å². The fourth-order valence-electron chi connectivity index (χ4n) is 1.81. The topological polar surface area (TPSA) is 86.9 Å². The number of rotatable bonds is 4. The molecule has 1 amide bonds. The van der Waals surface area contributed by atoms with Gasteiger partial charge in [0.2, 0.25) is 5.91 Å². The predicted octanol–water partition coefficient (Wildman–Crippen LogP) is -1.17. The molecule has 1 aliphatic rings. The lowest BCUT2D eigenvalue weighted by atomic mass is 10.3. The summed E-state index contributed by atoms with van der Waals surface area (Å²) in [5.41, 5.74) is 0. The number of amides is 1. The van der Waals surface area contributed by atoms with Crippen LogP contribution in [0.5, 0.6) is 0 Å². The highest BCUT2D eigenvalue weighted by Gasteiger charge is 2.32. The number of alkyl halides is 3. The maximum atomic E-state index is 12.1. The number of halogens is 3. The molecule has 0 bridgehead atoms. The number of carbonyl (C=O) groups is 1. The van der Waals surface area contributed by atoms with E-state index in [0.717, 1.165) is 11.4 Å². The van der Waals surface area contributed by atoms with Gasteiger partial charge in [0.25, 0.3) is 10.2 Å². The van der Waals surface area contributed by atoms with Gasteiger partial charge in [-0.1, -0.05) is 0 Å². The first-order chi connectivity index (χ1) is 8.99. The van der Waals surface area contributed by atoms with Crippen LogP contribution < -0.4 is 5.14 Å². The zero-order valence-electron chi connectivity index (χ0n) is 10.9. The summed E-state index contributed by atoms with van der Waals surface area (Å²) in [6.07, 6.45) is -4.43. The SMILES string of the molecule is CN(CC(F)(F)F)C(=O)CN1CCN(S(N)(=O)=O)CC1. The highest BCUT2D eigenvalue weighted by molar-refractivity contribution is 7.86. The number of nitrogens with zero attached hydrogens (tertiary/aromatic N) is 3. The molecule has 11 heteroatoms. The maximum Gasteiger partial charge on any atom is 0.406 e. The molecule has 1 aliphatic heterocycles. The molecule has 20 heavy (non-hydrogen) atoms. The van der Waals surface area contributed by atoms with Gasteiger partial charge in [-0.15, -0.1) is 0 Å². The van der Waals surface area contributed by atoms with Crippen LogP contribution in [-0.4, -0.2) is 80.9 Å². The summed E-state index contributed by atoms with van der Waals surface area (Å²) in [6, 6.07) is 0. The van der Waals surface area contributed by atoms with E-state index in [1.54, 1.807) is 4.90 Å². The van der Waals surface area contributed by atoms with Gasteiger partial charge in [0, 0.05) is 33.2 Å². The van der Waals surface area contributed by atoms with Gasteiger partial charge in [-0.25, -0.2) is 5.14 Å². The quantitative estimate of drug-likeness (QED) is 0.707. The molecule has 0 aliphatic carbocycles. The standard InChI is InChI=1S/C9H17F3N4O3S/c1-14(7-9(10,11)12)8(17)6-15-2-4-16(5-3-15)20(13,18)19/h2-7H2,1H3,(H2,13,18,19). The number of carbonyl (C=O) groups excluding carboxylic acids is 1. The molecule has 1 rings (SSSR count). The summed E-state index contributed by atoms with van der Waals surface area (Å²) >= 11 is 0. The van der Waals surface area contributed by atoms with E-state index in [0.29, 0.717) is 4.90 Å². The van der Waals surface area contributed by atoms with Crippen LogP contribution in [0.15, 0.2) is 0 Å². The normalized spacial score (nSPS) is 19.1. The minimum atomic E-state index is -4.43. The average Bonchev–Trinajstić information content (AvgIpc) is 2.26. The lowest BCUT2D eigenvalue weighted by Crippen LogP contribution is -2.53. The van der Waals surface area contributed by atoms with Crippen LogP contribution in [0.1, 0.15) is 0 Å². The summed E-state index contributed by atoms with van der Waals surface area (Å²) in [7, 11) is -2.68. The molecule has 0 aromatic rings. The molecule has 0 aromatic heterocycles. The molecule has 1 fully saturated rings. The molecule has 0 radical (unpaired) electrons. The Morgan fingerprint density at radius 3 is 2.15 bits per heavy atom. The van der Waals surface area contributed by atoms with Crippen LogP contribution in [0, 0.1) is 0 Å². The van der Waals surface area contributed by atoms with Crippen molar-refractivity contribution < 1.29 is 26.4 Å². The fraction of sp³-hybridized carbons (Fsp3) is 0.889. The van der Waals surface area contributed by atoms with E-state index in [9.17, 15) is 26.4 Å². The molecule has 2 N–H and O–H groups in total. The summed E-state index contributed by atoms with van der Waals surface area (Å²) in [5.74, 6) is -0.661. The Labute approximate surface area is 115 Å². The highest BCUT2D eigenvalue weighted by atomic mass is 32.2. The first kappa shape index (κ1) is 17.1. The number of nitrogens with two attached hydrogens (primary N) is 1. The molecule has 118 valence electrons. The Hall–Kier alpha value is -0.910. The summed E-state index contributed by atoms with van der Waals surface area (Å²) < 4.78 is 59.6. The minimum Gasteiger partial charge on any atom is -0.336 e. The van der Waals surface area contributed by atoms with Crippen molar-refractivity contribution in [1.29, 1.82) is 0 Å². The molecule has 0 spiro atoms. The summed E-state index contributed by atoms with van der Waals surface area (Å²) in [4.78, 5) is 13.8. The van der Waals surface area contributed by atoms with Gasteiger partial charge in [0.05, 0.1) is 6.54 Å². The summed E-state index contributed by atoms with van der Waals surface area (Å²) in [5, 5.41) is 4.95. The van der Waals surface area contributed by atoms with Crippen LogP contribution in [-0.2, 0) is 15.0 Å². The second-order valence-electron chi connectivity index (χ2n) is 4.59. The van der Waals surface area contributed by atoms with E-state index in [1.807, 2.05) is 0 Å². The molecule has 1 heterocycles. The van der Waals surface area contributed by atoms with E-state index in [2.05, 4.69) is 0 Å². The van der Waals surface area contributed by atoms with Crippen molar-refractivity contribution in [2.75, 3.05) is 46.3 Å². The van der Waals surface area contributed by atoms with Gasteiger partial charge < -0.3 is 4.90 Å². The smallest absolute Gasteiger partial charge is 0.336 e. The summed E-state index contributed by atoms with van der Waals surface area (Å²) in [6.45, 7) is -0.734. The Morgan fingerprint density at radius 2 is 1.75 bits per heavy atom. The van der Waals surface area contributed by atoms with Gasteiger partial charge in [-0.3, -0.25) is 9.69 Å². The van der Waals surface area contributed by atoms with Crippen molar-refractivity contribution in [2.24, 2.45) is 5.14 Å². The number of hydrogen-bond donors (Lipinski definition) is 1. The molecule has 0 unspecified atom stereocenters. The van der Waals surface area contributed by atoms with Crippen molar-refractivity contribution in [3.05, 3.63) is 0 Å². The highest BCUT2D eigenvalue weighted by Crippen LogP contribution is 2.15. The van der Waals surface area contributed by atoms with Crippen molar-refractivity contribution in [3.8, 4) is 0 Å². The Kier molecular flexibility index (Phi) is 5.35. The molecule has 0 saturated carbocycles. The van der Waals surface area contributed by atoms with Crippen LogP contribution >= 0.6 is 0 Å². The van der Waals surface area contributed by atoms with Gasteiger partial charge in [0.1, 0.15) is 6.54 Å². The zero-order chi connectivity index (χ0) is 15.6. The maximum absolute atomic E-state index is 12.1. The van der Waals surface area contributed by atoms with Gasteiger partial charge in [-0.05, 0) is 0 Å². The van der Waals surface area contributed by atoms with Crippen LogP contribution in [0.2, 0.25) is 0 Å². The molecule has 0 aromatic carbocycles. The third-order valence-electron chi connectivity index (χ3n) is 2.89. The molecular weight excluding hydrogens is 301 g/mol. The monoisotopic (exact) mass is 318 g/mol. The Balaban J connectivity index is 2.42. The van der Waals surface area contributed by atoms with Crippen molar-refractivity contribution in [1.82, 2.24) is 14.1 Å². The number of likely N-dealkylation sites (N-methyl/N-ethyl adjacent to an activating group) is 1. The van der Waals surface area contributed by atoms with Gasteiger partial charge in [0.15, 0.2) is 0 Å². The van der Waals surface area contributed by atoms with Crippen LogP contribution in [0.25, 0.3) is 0 Å². The number of piperazine rings is 1. The predicted molar refractivity (Wildman–Crippen MR) is 64.8 cm³/mol. The molecule has 7 nitrogen and oxygen atoms in total. The van der Waals surface area contributed by atoms with Crippen LogP contribution in [0.4, 0.5) is 13.2 Å². The van der Waals surface area contributed by atoms with Gasteiger partial charge >= 0.3 is 6.18 Å². The number of hydrogen-bond acceptors (Lipinski definition) is 4. The second-order valence-corrected chi connectivity index (χ2v) is 6.13. The zero-order valence-corrected chi connectivity index (χ0v) is 11.7. The van der Waals surface area contributed by atoms with E-state index in [1.165, 1.54) is 0 Å². The minimum absolute atomic E-state index is 0.120. The van der Waals surface area contributed by atoms with E-state index in [4.69, 9.17) is 5.14 Å². The largest absolute Gasteiger partial charge is 0.406 e. The van der Waals surface area contributed by atoms with Crippen molar-refractivity contribution >= 4 is 16.1 Å². The Morgan fingerprint density at radius 1 is 1.25 bits per heavy atom. The van der Waals surface area contributed by atoms with Crippen LogP contribution in [0.3, 0.4) is 0 Å². The first-order valence-corrected chi connectivity index (χ1v) is 7.30. The average molecular weight is 318 g/mol. The van der Waals surface area contributed by atoms with Crippen molar-refractivity contribution in [2.45, 2.75) is 6.18 Å². The first-order valence-electron chi connectivity index (χ1n) is 5.80. The lowest BCUT2D eigenvalue weighted by Gasteiger charge is -2.33. The third-order valence-corrected chi connectivity index (χ3v) is 3.98. The fourth-order valence-corrected chi connectivity index (χ4v) is 2.48. The third kappa shape index (κ3) is 5.61. The second kappa shape index (κ2) is 6.24. The van der Waals surface area contributed by atoms with Gasteiger partial charge in [-0.2, -0.15) is 25.9 Å². The molecule has 1 saturated heterocycles. The molecular formula is C9H17F3N4O3S. The molecule has 0 atom stereocenters. The Bertz CT molecular complexity index is 446. The van der Waals surface area contributed by atoms with E-state index in [-0.39, 0.29) is 32.7 Å². The lowest BCUT2D eigenvalue weighted by molar-refractivity contribution is -0.159. The van der Waals surface area contributed by atoms with E-state index < -0.39 is 28.8 Å².